The molecule has 0 aliphatic heterocycles. The van der Waals surface area contributed by atoms with E-state index >= 15 is 0 Å². The normalized spacial score (nSPS) is 10.7. The highest BCUT2D eigenvalue weighted by molar-refractivity contribution is 6.01. The van der Waals surface area contributed by atoms with E-state index in [0.717, 1.165) is 51.0 Å². The largest absolute Gasteiger partial charge is 0.496 e. The molecule has 1 N–H and O–H groups in total. The van der Waals surface area contributed by atoms with E-state index in [4.69, 9.17) is 19.3 Å². The van der Waals surface area contributed by atoms with Gasteiger partial charge >= 0.3 is 0 Å². The molecule has 184 valence electrons. The van der Waals surface area contributed by atoms with Crippen molar-refractivity contribution < 1.29 is 28.6 Å². The van der Waals surface area contributed by atoms with Crippen molar-refractivity contribution in [1.82, 2.24) is 0 Å². The molecule has 0 saturated carbocycles. The highest BCUT2D eigenvalue weighted by atomic mass is 16.6. The average molecular weight is 488 g/mol. The number of nitrogens with zero attached hydrogens (tertiary/aromatic N) is 2. The Morgan fingerprint density at radius 2 is 1.39 bits per heavy atom. The zero-order valence-electron chi connectivity index (χ0n) is 20.7. The molecular formula is C28H27N2O6+. The first-order chi connectivity index (χ1) is 17.4. The van der Waals surface area contributed by atoms with E-state index in [1.165, 1.54) is 12.1 Å². The van der Waals surface area contributed by atoms with Gasteiger partial charge in [0, 0.05) is 43.9 Å². The number of benzene rings is 3. The van der Waals surface area contributed by atoms with Gasteiger partial charge in [0.1, 0.15) is 5.75 Å². The van der Waals surface area contributed by atoms with E-state index in [1.807, 2.05) is 24.4 Å². The van der Waals surface area contributed by atoms with Crippen molar-refractivity contribution in [3.05, 3.63) is 82.7 Å². The van der Waals surface area contributed by atoms with Crippen LogP contribution in [0.25, 0.3) is 38.2 Å². The third-order valence-electron chi connectivity index (χ3n) is 6.30. The molecule has 5 aromatic rings. The predicted octanol–water partition coefficient (Wildman–Crippen LogP) is 5.25. The van der Waals surface area contributed by atoms with Crippen LogP contribution >= 0.6 is 0 Å². The molecule has 3 aromatic carbocycles. The number of methoxy groups -OCH3 is 3. The fraction of sp³-hybridized carbons (Fsp3) is 0.179. The number of aliphatic hydroxyl groups excluding tert-OH is 1. The van der Waals surface area contributed by atoms with Gasteiger partial charge in [0.2, 0.25) is 5.52 Å². The standard InChI is InChI=1S/C27H23N2O5.CH4O/c1-16-21-15-27(34-4)26(33-3)13-19(21)11-24-22-14-23(17-5-7-20(8-6-17)29(30)31)25(32-2)12-18(22)9-10-28(16)24;1-2/h5-15H,1-4H3;2H,1H3/q+1;. The van der Waals surface area contributed by atoms with Crippen LogP contribution in [-0.2, 0) is 0 Å². The summed E-state index contributed by atoms with van der Waals surface area (Å²) in [5, 5.41) is 22.3. The van der Waals surface area contributed by atoms with Crippen molar-refractivity contribution in [1.29, 1.82) is 0 Å². The number of pyridine rings is 2. The van der Waals surface area contributed by atoms with Gasteiger partial charge < -0.3 is 19.3 Å². The summed E-state index contributed by atoms with van der Waals surface area (Å²) in [6, 6.07) is 18.8. The lowest BCUT2D eigenvalue weighted by Crippen LogP contribution is -2.25. The second-order valence-electron chi connectivity index (χ2n) is 8.04. The van der Waals surface area contributed by atoms with E-state index in [9.17, 15) is 10.1 Å². The van der Waals surface area contributed by atoms with Crippen molar-refractivity contribution in [2.45, 2.75) is 6.92 Å². The second-order valence-corrected chi connectivity index (χ2v) is 8.04. The fourth-order valence-corrected chi connectivity index (χ4v) is 4.52. The molecule has 0 radical (unpaired) electrons. The summed E-state index contributed by atoms with van der Waals surface area (Å²) in [5.74, 6) is 2.06. The quantitative estimate of drug-likeness (QED) is 0.120. The smallest absolute Gasteiger partial charge is 0.269 e. The van der Waals surface area contributed by atoms with Crippen LogP contribution in [0, 0.1) is 17.0 Å². The number of hydrogen-bond acceptors (Lipinski definition) is 6. The lowest BCUT2D eigenvalue weighted by molar-refractivity contribution is -0.516. The van der Waals surface area contributed by atoms with Gasteiger partial charge in [-0.15, -0.1) is 0 Å². The molecule has 0 aliphatic rings. The molecule has 0 bridgehead atoms. The van der Waals surface area contributed by atoms with Crippen LogP contribution in [0.2, 0.25) is 0 Å². The number of aliphatic hydroxyl groups is 1. The monoisotopic (exact) mass is 487 g/mol. The topological polar surface area (TPSA) is 95.2 Å². The van der Waals surface area contributed by atoms with Crippen molar-refractivity contribution >= 4 is 32.7 Å². The minimum absolute atomic E-state index is 0.0518. The third kappa shape index (κ3) is 4.12. The lowest BCUT2D eigenvalue weighted by atomic mass is 9.98. The summed E-state index contributed by atoms with van der Waals surface area (Å²) in [7, 11) is 5.89. The number of hydrogen-bond donors (Lipinski definition) is 1. The highest BCUT2D eigenvalue weighted by Gasteiger charge is 2.19. The molecular weight excluding hydrogens is 460 g/mol. The molecule has 0 aliphatic carbocycles. The van der Waals surface area contributed by atoms with Gasteiger partial charge in [-0.25, -0.2) is 0 Å². The molecule has 0 saturated heterocycles. The van der Waals surface area contributed by atoms with E-state index in [1.54, 1.807) is 33.5 Å². The zero-order valence-corrected chi connectivity index (χ0v) is 20.7. The zero-order chi connectivity index (χ0) is 26.0. The molecule has 8 heteroatoms. The highest BCUT2D eigenvalue weighted by Crippen LogP contribution is 2.38. The Labute approximate surface area is 208 Å². The minimum Gasteiger partial charge on any atom is -0.496 e. The maximum Gasteiger partial charge on any atom is 0.269 e. The van der Waals surface area contributed by atoms with Gasteiger partial charge in [-0.05, 0) is 52.7 Å². The van der Waals surface area contributed by atoms with Gasteiger partial charge in [-0.3, -0.25) is 10.1 Å². The Kier molecular flexibility index (Phi) is 6.89. The molecule has 0 spiro atoms. The van der Waals surface area contributed by atoms with Crippen molar-refractivity contribution in [3.8, 4) is 28.4 Å². The Morgan fingerprint density at radius 3 is 2.00 bits per heavy atom. The number of nitro groups is 1. The van der Waals surface area contributed by atoms with Crippen molar-refractivity contribution in [2.24, 2.45) is 0 Å². The van der Waals surface area contributed by atoms with Crippen LogP contribution in [0.3, 0.4) is 0 Å². The minimum atomic E-state index is -0.400. The van der Waals surface area contributed by atoms with E-state index in [2.05, 4.69) is 29.5 Å². The predicted molar refractivity (Wildman–Crippen MR) is 139 cm³/mol. The molecule has 8 nitrogen and oxygen atoms in total. The molecule has 5 rings (SSSR count). The fourth-order valence-electron chi connectivity index (χ4n) is 4.52. The number of non-ortho nitro benzene ring substituents is 1. The summed E-state index contributed by atoms with van der Waals surface area (Å²) < 4.78 is 18.9. The van der Waals surface area contributed by atoms with Crippen LogP contribution in [0.4, 0.5) is 5.69 Å². The summed E-state index contributed by atoms with van der Waals surface area (Å²) >= 11 is 0. The first-order valence-electron chi connectivity index (χ1n) is 11.2. The SMILES string of the molecule is CO.COc1cc2cc3c4cc(-c5ccc([N+](=O)[O-])cc5)c(OC)cc4cc[n+]3c(C)c2cc1OC. The van der Waals surface area contributed by atoms with Gasteiger partial charge in [0.05, 0.1) is 37.0 Å². The van der Waals surface area contributed by atoms with Crippen molar-refractivity contribution in [3.63, 3.8) is 0 Å². The third-order valence-corrected chi connectivity index (χ3v) is 6.30. The van der Waals surface area contributed by atoms with E-state index in [0.29, 0.717) is 17.2 Å². The van der Waals surface area contributed by atoms with Crippen LogP contribution in [0.1, 0.15) is 5.69 Å². The van der Waals surface area contributed by atoms with Crippen LogP contribution in [-0.4, -0.2) is 38.5 Å². The van der Waals surface area contributed by atoms with Crippen LogP contribution < -0.4 is 18.6 Å². The maximum absolute atomic E-state index is 11.1. The summed E-state index contributed by atoms with van der Waals surface area (Å²) in [6.45, 7) is 2.08. The molecule has 0 amide bonds. The van der Waals surface area contributed by atoms with Gasteiger partial charge in [-0.1, -0.05) is 0 Å². The van der Waals surface area contributed by atoms with E-state index in [-0.39, 0.29) is 5.69 Å². The Hall–Kier alpha value is -4.43. The Morgan fingerprint density at radius 1 is 0.778 bits per heavy atom. The molecule has 0 fully saturated rings. The van der Waals surface area contributed by atoms with Crippen molar-refractivity contribution in [2.75, 3.05) is 28.4 Å². The number of aryl methyl sites for hydroxylation is 1. The molecule has 2 heterocycles. The van der Waals surface area contributed by atoms with Gasteiger partial charge in [0.25, 0.3) is 5.69 Å². The molecule has 0 atom stereocenters. The first kappa shape index (κ1) is 24.7. The molecule has 2 aromatic heterocycles. The second kappa shape index (κ2) is 10.1. The average Bonchev–Trinajstić information content (AvgIpc) is 2.92. The van der Waals surface area contributed by atoms with E-state index < -0.39 is 4.92 Å². The van der Waals surface area contributed by atoms with Gasteiger partial charge in [-0.2, -0.15) is 4.40 Å². The number of aromatic nitrogens is 1. The first-order valence-corrected chi connectivity index (χ1v) is 11.2. The summed E-state index contributed by atoms with van der Waals surface area (Å²) in [4.78, 5) is 10.7. The number of rotatable bonds is 5. The van der Waals surface area contributed by atoms with Gasteiger partial charge in [0.15, 0.2) is 23.4 Å². The lowest BCUT2D eigenvalue weighted by Gasteiger charge is -2.12. The summed E-state index contributed by atoms with van der Waals surface area (Å²) in [5.41, 5.74) is 3.86. The number of nitro benzene ring substituents is 1. The summed E-state index contributed by atoms with van der Waals surface area (Å²) in [6.07, 6.45) is 2.05. The Balaban J connectivity index is 0.00000148. The molecule has 0 unspecified atom stereocenters. The Bertz CT molecular complexity index is 1600. The number of ether oxygens (including phenoxy) is 3. The number of fused-ring (bicyclic) bond motifs is 4. The maximum atomic E-state index is 11.1. The van der Waals surface area contributed by atoms with Crippen LogP contribution in [0.15, 0.2) is 66.9 Å². The van der Waals surface area contributed by atoms with Crippen LogP contribution in [0.5, 0.6) is 17.2 Å². The molecule has 36 heavy (non-hydrogen) atoms.